The monoisotopic (exact) mass is 660 g/mol. The molecule has 0 heterocycles. The highest BCUT2D eigenvalue weighted by Gasteiger charge is 2.77. The van der Waals surface area contributed by atoms with Crippen molar-refractivity contribution in [3.63, 3.8) is 0 Å². The molecule has 0 atom stereocenters. The van der Waals surface area contributed by atoms with Crippen LogP contribution in [0.2, 0.25) is 0 Å². The van der Waals surface area contributed by atoms with Crippen LogP contribution in [0.25, 0.3) is 0 Å². The van der Waals surface area contributed by atoms with Gasteiger partial charge in [0.05, 0.1) is 13.0 Å². The maximum atomic E-state index is 13.2. The summed E-state index contributed by atoms with van der Waals surface area (Å²) >= 11 is 0. The Morgan fingerprint density at radius 1 is 0.350 bits per heavy atom. The SMILES string of the molecule is OCCC(F)(F)OC(F)(F)C(F)(F)OC(F)(F)C(F)(F)OC(F)(F)C(F)(F)OC(F)(F)OC(F)(F)OC(F)(F)F. The summed E-state index contributed by atoms with van der Waals surface area (Å²) in [6.45, 7) is -1.83. The highest BCUT2D eigenvalue weighted by molar-refractivity contribution is 4.79. The van der Waals surface area contributed by atoms with Crippen molar-refractivity contribution in [2.24, 2.45) is 0 Å². The van der Waals surface area contributed by atoms with Gasteiger partial charge in [-0.25, -0.2) is 23.7 Å². The van der Waals surface area contributed by atoms with E-state index in [-0.39, 0.29) is 0 Å². The summed E-state index contributed by atoms with van der Waals surface area (Å²) in [7, 11) is 0. The third-order valence-corrected chi connectivity index (χ3v) is 2.93. The van der Waals surface area contributed by atoms with Crippen molar-refractivity contribution < 1.29 is 126 Å². The summed E-state index contributed by atoms with van der Waals surface area (Å²) < 4.78 is 278. The fraction of sp³-hybridized carbons (Fsp3) is 1.00. The molecule has 0 aromatic rings. The first-order valence-corrected chi connectivity index (χ1v) is 8.34. The summed E-state index contributed by atoms with van der Waals surface area (Å²) in [5.41, 5.74) is 0. The highest BCUT2D eigenvalue weighted by Crippen LogP contribution is 2.51. The number of rotatable bonds is 16. The van der Waals surface area contributed by atoms with Crippen molar-refractivity contribution >= 4 is 0 Å². The number of alkyl halides is 21. The quantitative estimate of drug-likeness (QED) is 0.155. The summed E-state index contributed by atoms with van der Waals surface area (Å²) in [5.74, 6) is 0. The van der Waals surface area contributed by atoms with Crippen molar-refractivity contribution in [2.45, 2.75) is 68.1 Å². The molecule has 28 heteroatoms. The maximum Gasteiger partial charge on any atom is 0.529 e. The third-order valence-electron chi connectivity index (χ3n) is 2.93. The molecule has 7 nitrogen and oxygen atoms in total. The Hall–Kier alpha value is -1.75. The smallest absolute Gasteiger partial charge is 0.396 e. The summed E-state index contributed by atoms with van der Waals surface area (Å²) in [6, 6.07) is 0. The van der Waals surface area contributed by atoms with Gasteiger partial charge in [0.1, 0.15) is 0 Å². The van der Waals surface area contributed by atoms with Crippen molar-refractivity contribution in [1.82, 2.24) is 0 Å². The van der Waals surface area contributed by atoms with Crippen LogP contribution < -0.4 is 0 Å². The van der Waals surface area contributed by atoms with Gasteiger partial charge in [-0.05, 0) is 0 Å². The molecule has 40 heavy (non-hydrogen) atoms. The molecule has 0 radical (unpaired) electrons. The normalized spacial score (nSPS) is 16.1. The minimum Gasteiger partial charge on any atom is -0.396 e. The second-order valence-electron chi connectivity index (χ2n) is 6.20. The zero-order valence-corrected chi connectivity index (χ0v) is 17.2. The second-order valence-corrected chi connectivity index (χ2v) is 6.20. The minimum atomic E-state index is -7.84. The lowest BCUT2D eigenvalue weighted by Gasteiger charge is -2.35. The number of ether oxygens (including phenoxy) is 6. The van der Waals surface area contributed by atoms with E-state index in [1.807, 2.05) is 4.74 Å². The highest BCUT2D eigenvalue weighted by atomic mass is 19.4. The number of hydrogen-bond acceptors (Lipinski definition) is 7. The zero-order chi connectivity index (χ0) is 32.7. The first-order chi connectivity index (χ1) is 17.1. The Morgan fingerprint density at radius 3 is 0.925 bits per heavy atom. The molecule has 0 saturated heterocycles. The van der Waals surface area contributed by atoms with Crippen LogP contribution >= 0.6 is 0 Å². The van der Waals surface area contributed by atoms with Crippen LogP contribution in [0, 0.1) is 0 Å². The van der Waals surface area contributed by atoms with Crippen LogP contribution in [0.5, 0.6) is 0 Å². The van der Waals surface area contributed by atoms with E-state index in [0.717, 1.165) is 0 Å². The van der Waals surface area contributed by atoms with Gasteiger partial charge in [0, 0.05) is 0 Å². The molecule has 0 aliphatic carbocycles. The van der Waals surface area contributed by atoms with Gasteiger partial charge in [0.25, 0.3) is 0 Å². The van der Waals surface area contributed by atoms with E-state index in [1.165, 1.54) is 18.9 Å². The molecule has 0 aromatic heterocycles. The van der Waals surface area contributed by atoms with Crippen LogP contribution in [0.1, 0.15) is 6.42 Å². The van der Waals surface area contributed by atoms with Crippen molar-refractivity contribution in [3.8, 4) is 0 Å². The van der Waals surface area contributed by atoms with Crippen LogP contribution in [0.3, 0.4) is 0 Å². The number of aliphatic hydroxyl groups excluding tert-OH is 1. The second kappa shape index (κ2) is 11.2. The lowest BCUT2D eigenvalue weighted by atomic mass is 10.4. The number of halogens is 21. The van der Waals surface area contributed by atoms with E-state index in [0.29, 0.717) is 0 Å². The third kappa shape index (κ3) is 10.6. The predicted octanol–water partition coefficient (Wildman–Crippen LogP) is 6.24. The van der Waals surface area contributed by atoms with Gasteiger partial charge in [-0.1, -0.05) is 0 Å². The lowest BCUT2D eigenvalue weighted by Crippen LogP contribution is -2.60. The molecule has 0 amide bonds. The largest absolute Gasteiger partial charge is 0.529 e. The molecule has 0 saturated carbocycles. The summed E-state index contributed by atoms with van der Waals surface area (Å²) in [6.07, 6.45) is -74.1. The van der Waals surface area contributed by atoms with Gasteiger partial charge < -0.3 is 5.11 Å². The lowest BCUT2D eigenvalue weighted by molar-refractivity contribution is -0.612. The molecule has 0 bridgehead atoms. The molecule has 0 rings (SSSR count). The van der Waals surface area contributed by atoms with Crippen LogP contribution in [-0.4, -0.2) is 73.4 Å². The van der Waals surface area contributed by atoms with Crippen molar-refractivity contribution in [1.29, 1.82) is 0 Å². The van der Waals surface area contributed by atoms with E-state index in [9.17, 15) is 92.2 Å². The van der Waals surface area contributed by atoms with Gasteiger partial charge in [0.2, 0.25) is 0 Å². The Labute approximate surface area is 202 Å². The Morgan fingerprint density at radius 2 is 0.625 bits per heavy atom. The van der Waals surface area contributed by atoms with E-state index >= 15 is 0 Å². The maximum absolute atomic E-state index is 13.2. The van der Waals surface area contributed by atoms with Crippen molar-refractivity contribution in [3.05, 3.63) is 0 Å². The summed E-state index contributed by atoms with van der Waals surface area (Å²) in [4.78, 5) is 0. The summed E-state index contributed by atoms with van der Waals surface area (Å²) in [5, 5.41) is 8.09. The van der Waals surface area contributed by atoms with E-state index in [2.05, 4.69) is 0 Å². The fourth-order valence-electron chi connectivity index (χ4n) is 1.51. The topological polar surface area (TPSA) is 75.6 Å². The van der Waals surface area contributed by atoms with E-state index < -0.39 is 74.7 Å². The van der Waals surface area contributed by atoms with Gasteiger partial charge >= 0.3 is 61.7 Å². The zero-order valence-electron chi connectivity index (χ0n) is 17.2. The molecule has 0 aliphatic rings. The van der Waals surface area contributed by atoms with Crippen LogP contribution in [-0.2, 0) is 28.4 Å². The van der Waals surface area contributed by atoms with Crippen molar-refractivity contribution in [2.75, 3.05) is 6.61 Å². The molecule has 0 fully saturated rings. The van der Waals surface area contributed by atoms with Crippen LogP contribution in [0.15, 0.2) is 0 Å². The van der Waals surface area contributed by atoms with Crippen LogP contribution in [0.4, 0.5) is 92.2 Å². The minimum absolute atomic E-state index is 1.30. The van der Waals surface area contributed by atoms with Gasteiger partial charge in [-0.15, -0.1) is 30.7 Å². The number of aliphatic hydroxyl groups is 1. The molecule has 1 N–H and O–H groups in total. The van der Waals surface area contributed by atoms with Gasteiger partial charge in [0.15, 0.2) is 0 Å². The molecule has 0 spiro atoms. The first-order valence-electron chi connectivity index (χ1n) is 8.34. The average molecular weight is 660 g/mol. The fourth-order valence-corrected chi connectivity index (χ4v) is 1.51. The molecule has 242 valence electrons. The van der Waals surface area contributed by atoms with Gasteiger partial charge in [-0.3, -0.25) is 0 Å². The molecule has 0 aliphatic heterocycles. The average Bonchev–Trinajstić information content (AvgIpc) is 2.53. The Bertz CT molecular complexity index is 840. The number of hydrogen-bond donors (Lipinski definition) is 1. The molecule has 0 aromatic carbocycles. The molecular formula is C12H5F21O7. The van der Waals surface area contributed by atoms with E-state index in [1.54, 1.807) is 4.74 Å². The first kappa shape index (κ1) is 38.2. The van der Waals surface area contributed by atoms with Gasteiger partial charge in [-0.2, -0.15) is 66.2 Å². The standard InChI is InChI=1S/C12H5F21O7/c13-3(14,1-2-34)35-4(15,16)5(17,18)36-6(19,20)7(21,22)37-8(23,24)9(25,26)38-11(30,31)40-12(32,33)39-10(27,28)29/h34H,1-2H2. The predicted molar refractivity (Wildman–Crippen MR) is 68.8 cm³/mol. The Kier molecular flexibility index (Phi) is 10.7. The molecule has 0 unspecified atom stereocenters. The van der Waals surface area contributed by atoms with E-state index in [4.69, 9.17) is 5.11 Å². The Balaban J connectivity index is 5.91. The molecular weight excluding hydrogens is 655 g/mol.